The molecular formula is C11H12ClN3OS. The predicted molar refractivity (Wildman–Crippen MR) is 69.8 cm³/mol. The van der Waals surface area contributed by atoms with Crippen LogP contribution in [-0.4, -0.2) is 19.9 Å². The molecule has 17 heavy (non-hydrogen) atoms. The van der Waals surface area contributed by atoms with Crippen LogP contribution in [0.4, 0.5) is 0 Å². The van der Waals surface area contributed by atoms with E-state index in [1.807, 2.05) is 4.57 Å². The lowest BCUT2D eigenvalue weighted by molar-refractivity contribution is 0.475. The summed E-state index contributed by atoms with van der Waals surface area (Å²) in [4.78, 5) is 0. The third-order valence-electron chi connectivity index (χ3n) is 2.41. The minimum Gasteiger partial charge on any atom is -0.506 e. The highest BCUT2D eigenvalue weighted by Gasteiger charge is 2.09. The SMILES string of the molecule is CCCn1c(-c2ccc(O)c(Cl)c2)n[nH]c1=S. The second-order valence-corrected chi connectivity index (χ2v) is 4.46. The largest absolute Gasteiger partial charge is 0.506 e. The zero-order valence-corrected chi connectivity index (χ0v) is 10.8. The summed E-state index contributed by atoms with van der Waals surface area (Å²) in [6.45, 7) is 2.87. The minimum atomic E-state index is 0.0617. The molecule has 0 amide bonds. The van der Waals surface area contributed by atoms with E-state index in [2.05, 4.69) is 17.1 Å². The number of aromatic hydroxyl groups is 1. The molecule has 0 spiro atoms. The zero-order chi connectivity index (χ0) is 12.4. The molecule has 0 aliphatic heterocycles. The topological polar surface area (TPSA) is 53.8 Å². The van der Waals surface area contributed by atoms with E-state index in [0.29, 0.717) is 9.79 Å². The van der Waals surface area contributed by atoms with Gasteiger partial charge in [-0.1, -0.05) is 18.5 Å². The van der Waals surface area contributed by atoms with Gasteiger partial charge in [0.2, 0.25) is 0 Å². The van der Waals surface area contributed by atoms with Gasteiger partial charge in [-0.25, -0.2) is 0 Å². The van der Waals surface area contributed by atoms with Gasteiger partial charge < -0.3 is 9.67 Å². The molecule has 0 unspecified atom stereocenters. The number of aromatic amines is 1. The molecule has 2 N–H and O–H groups in total. The maximum Gasteiger partial charge on any atom is 0.195 e. The van der Waals surface area contributed by atoms with Crippen molar-refractivity contribution in [2.24, 2.45) is 0 Å². The summed E-state index contributed by atoms with van der Waals surface area (Å²) in [5, 5.41) is 16.6. The molecule has 4 nitrogen and oxygen atoms in total. The number of rotatable bonds is 3. The van der Waals surface area contributed by atoms with Crippen LogP contribution in [-0.2, 0) is 6.54 Å². The molecule has 0 atom stereocenters. The van der Waals surface area contributed by atoms with Crippen LogP contribution < -0.4 is 0 Å². The number of nitrogens with one attached hydrogen (secondary N) is 1. The van der Waals surface area contributed by atoms with Gasteiger partial charge in [-0.05, 0) is 36.8 Å². The van der Waals surface area contributed by atoms with Crippen molar-refractivity contribution >= 4 is 23.8 Å². The number of hydrogen-bond donors (Lipinski definition) is 2. The Morgan fingerprint density at radius 1 is 1.53 bits per heavy atom. The van der Waals surface area contributed by atoms with Crippen LogP contribution in [0.25, 0.3) is 11.4 Å². The lowest BCUT2D eigenvalue weighted by Crippen LogP contribution is -1.99. The molecule has 0 radical (unpaired) electrons. The molecular weight excluding hydrogens is 258 g/mol. The van der Waals surface area contributed by atoms with E-state index in [-0.39, 0.29) is 5.75 Å². The Balaban J connectivity index is 2.52. The fraction of sp³-hybridized carbons (Fsp3) is 0.273. The van der Waals surface area contributed by atoms with Crippen LogP contribution >= 0.6 is 23.8 Å². The molecule has 1 heterocycles. The molecule has 1 aromatic heterocycles. The first-order chi connectivity index (χ1) is 8.13. The number of benzene rings is 1. The first-order valence-corrected chi connectivity index (χ1v) is 6.06. The monoisotopic (exact) mass is 269 g/mol. The first kappa shape index (κ1) is 12.1. The van der Waals surface area contributed by atoms with Crippen molar-refractivity contribution in [1.82, 2.24) is 14.8 Å². The van der Waals surface area contributed by atoms with Crippen LogP contribution in [0, 0.1) is 4.77 Å². The van der Waals surface area contributed by atoms with Crippen LogP contribution in [0.15, 0.2) is 18.2 Å². The average molecular weight is 270 g/mol. The van der Waals surface area contributed by atoms with Crippen molar-refractivity contribution in [1.29, 1.82) is 0 Å². The zero-order valence-electron chi connectivity index (χ0n) is 9.27. The number of phenols is 1. The standard InChI is InChI=1S/C11H12ClN3OS/c1-2-5-15-10(13-14-11(15)17)7-3-4-9(16)8(12)6-7/h3-4,6,16H,2,5H2,1H3,(H,14,17). The van der Waals surface area contributed by atoms with Crippen molar-refractivity contribution in [3.63, 3.8) is 0 Å². The van der Waals surface area contributed by atoms with Crippen LogP contribution in [0.2, 0.25) is 5.02 Å². The number of phenolic OH excluding ortho intramolecular Hbond substituents is 1. The Labute approximate surface area is 109 Å². The van der Waals surface area contributed by atoms with Gasteiger partial charge in [0.15, 0.2) is 10.6 Å². The Hall–Kier alpha value is -1.33. The summed E-state index contributed by atoms with van der Waals surface area (Å²) >= 11 is 11.0. The van der Waals surface area contributed by atoms with Crippen LogP contribution in [0.5, 0.6) is 5.75 Å². The van der Waals surface area contributed by atoms with Crippen molar-refractivity contribution in [3.8, 4) is 17.1 Å². The summed E-state index contributed by atoms with van der Waals surface area (Å²) in [5.41, 5.74) is 0.827. The maximum atomic E-state index is 9.38. The Morgan fingerprint density at radius 2 is 2.29 bits per heavy atom. The fourth-order valence-electron chi connectivity index (χ4n) is 1.62. The highest BCUT2D eigenvalue weighted by Crippen LogP contribution is 2.28. The quantitative estimate of drug-likeness (QED) is 0.840. The second-order valence-electron chi connectivity index (χ2n) is 3.67. The molecule has 0 bridgehead atoms. The molecule has 1 aromatic carbocycles. The Morgan fingerprint density at radius 3 is 2.94 bits per heavy atom. The molecule has 0 saturated carbocycles. The summed E-state index contributed by atoms with van der Waals surface area (Å²) < 4.78 is 2.50. The Bertz CT molecular complexity index is 591. The number of nitrogens with zero attached hydrogens (tertiary/aromatic N) is 2. The van der Waals surface area contributed by atoms with Gasteiger partial charge in [0, 0.05) is 12.1 Å². The molecule has 2 aromatic rings. The van der Waals surface area contributed by atoms with Gasteiger partial charge in [-0.15, -0.1) is 0 Å². The third-order valence-corrected chi connectivity index (χ3v) is 3.03. The number of aromatic nitrogens is 3. The molecule has 0 fully saturated rings. The molecule has 6 heteroatoms. The van der Waals surface area contributed by atoms with E-state index in [4.69, 9.17) is 23.8 Å². The van der Waals surface area contributed by atoms with Gasteiger partial charge in [-0.2, -0.15) is 5.10 Å². The maximum absolute atomic E-state index is 9.38. The van der Waals surface area contributed by atoms with Crippen molar-refractivity contribution in [2.45, 2.75) is 19.9 Å². The molecule has 2 rings (SSSR count). The van der Waals surface area contributed by atoms with Crippen molar-refractivity contribution in [3.05, 3.63) is 28.0 Å². The van der Waals surface area contributed by atoms with Crippen molar-refractivity contribution < 1.29 is 5.11 Å². The lowest BCUT2D eigenvalue weighted by atomic mass is 10.2. The summed E-state index contributed by atoms with van der Waals surface area (Å²) in [7, 11) is 0. The van der Waals surface area contributed by atoms with Crippen LogP contribution in [0.1, 0.15) is 13.3 Å². The second kappa shape index (κ2) is 4.89. The first-order valence-electron chi connectivity index (χ1n) is 5.27. The smallest absolute Gasteiger partial charge is 0.195 e. The molecule has 0 aliphatic carbocycles. The molecule has 90 valence electrons. The van der Waals surface area contributed by atoms with Gasteiger partial charge in [-0.3, -0.25) is 5.10 Å². The highest BCUT2D eigenvalue weighted by molar-refractivity contribution is 7.71. The minimum absolute atomic E-state index is 0.0617. The van der Waals surface area contributed by atoms with Gasteiger partial charge in [0.05, 0.1) is 5.02 Å². The summed E-state index contributed by atoms with van der Waals surface area (Å²) in [6, 6.07) is 4.98. The van der Waals surface area contributed by atoms with E-state index in [1.165, 1.54) is 0 Å². The third kappa shape index (κ3) is 2.35. The van der Waals surface area contributed by atoms with E-state index in [0.717, 1.165) is 24.4 Å². The average Bonchev–Trinajstić information content (AvgIpc) is 2.66. The number of H-pyrrole nitrogens is 1. The van der Waals surface area contributed by atoms with E-state index < -0.39 is 0 Å². The molecule has 0 aliphatic rings. The Kier molecular flexibility index (Phi) is 3.49. The number of hydrogen-bond acceptors (Lipinski definition) is 3. The fourth-order valence-corrected chi connectivity index (χ4v) is 2.02. The molecule has 0 saturated heterocycles. The normalized spacial score (nSPS) is 10.7. The van der Waals surface area contributed by atoms with E-state index in [9.17, 15) is 5.11 Å². The van der Waals surface area contributed by atoms with Gasteiger partial charge in [0.25, 0.3) is 0 Å². The van der Waals surface area contributed by atoms with Crippen molar-refractivity contribution in [2.75, 3.05) is 0 Å². The van der Waals surface area contributed by atoms with Gasteiger partial charge in [0.1, 0.15) is 5.75 Å². The predicted octanol–water partition coefficient (Wildman–Crippen LogP) is 3.38. The summed E-state index contributed by atoms with van der Waals surface area (Å²) in [5.74, 6) is 0.797. The summed E-state index contributed by atoms with van der Waals surface area (Å²) in [6.07, 6.45) is 0.965. The van der Waals surface area contributed by atoms with E-state index >= 15 is 0 Å². The van der Waals surface area contributed by atoms with Gasteiger partial charge >= 0.3 is 0 Å². The van der Waals surface area contributed by atoms with E-state index in [1.54, 1.807) is 18.2 Å². The number of halogens is 1. The highest BCUT2D eigenvalue weighted by atomic mass is 35.5. The lowest BCUT2D eigenvalue weighted by Gasteiger charge is -2.05. The van der Waals surface area contributed by atoms with Crippen LogP contribution in [0.3, 0.4) is 0 Å².